The highest BCUT2D eigenvalue weighted by molar-refractivity contribution is 6.16. The van der Waals surface area contributed by atoms with Crippen LogP contribution in [0.2, 0.25) is 0 Å². The summed E-state index contributed by atoms with van der Waals surface area (Å²) in [4.78, 5) is 34.4. The Morgan fingerprint density at radius 1 is 1.29 bits per heavy atom. The summed E-state index contributed by atoms with van der Waals surface area (Å²) in [5.41, 5.74) is 0. The Morgan fingerprint density at radius 2 is 1.94 bits per heavy atom. The van der Waals surface area contributed by atoms with Crippen molar-refractivity contribution in [1.29, 1.82) is 0 Å². The topological polar surface area (TPSA) is 75.3 Å². The molecule has 0 aromatic heterocycles. The van der Waals surface area contributed by atoms with E-state index in [1.807, 2.05) is 12.2 Å². The molecular weight excluding hydrogens is 220 g/mol. The summed E-state index contributed by atoms with van der Waals surface area (Å²) < 4.78 is 0. The Hall–Kier alpha value is -1.91. The maximum atomic E-state index is 11.7. The lowest BCUT2D eigenvalue weighted by molar-refractivity contribution is -0.138. The Labute approximate surface area is 98.9 Å². The Bertz CT molecular complexity index is 394. The number of carbonyl (C=O) groups is 3. The van der Waals surface area contributed by atoms with Gasteiger partial charge in [-0.25, -0.2) is 4.79 Å². The van der Waals surface area contributed by atoms with Crippen molar-refractivity contribution < 1.29 is 14.4 Å². The molecule has 2 atom stereocenters. The van der Waals surface area contributed by atoms with Crippen molar-refractivity contribution >= 4 is 17.8 Å². The molecule has 17 heavy (non-hydrogen) atoms. The van der Waals surface area contributed by atoms with E-state index in [1.54, 1.807) is 6.08 Å². The lowest BCUT2D eigenvalue weighted by Crippen LogP contribution is -2.57. The quantitative estimate of drug-likeness (QED) is 0.558. The molecular formula is C12H14N2O3. The highest BCUT2D eigenvalue weighted by Gasteiger charge is 2.42. The van der Waals surface area contributed by atoms with Crippen LogP contribution < -0.4 is 10.6 Å². The molecule has 1 aliphatic carbocycles. The molecule has 1 saturated heterocycles. The molecule has 2 N–H and O–H groups in total. The molecule has 1 aliphatic heterocycles. The summed E-state index contributed by atoms with van der Waals surface area (Å²) >= 11 is 0. The molecule has 2 unspecified atom stereocenters. The van der Waals surface area contributed by atoms with E-state index in [-0.39, 0.29) is 11.8 Å². The molecule has 5 nitrogen and oxygen atoms in total. The minimum Gasteiger partial charge on any atom is -0.277 e. The van der Waals surface area contributed by atoms with Crippen LogP contribution in [0, 0.1) is 17.8 Å². The normalized spacial score (nSPS) is 29.1. The van der Waals surface area contributed by atoms with Crippen LogP contribution in [0.25, 0.3) is 0 Å². The fraction of sp³-hybridized carbons (Fsp3) is 0.417. The SMILES string of the molecule is C=CCC1CC=CC1C1C(=O)NC(=O)NC1=O. The van der Waals surface area contributed by atoms with Gasteiger partial charge < -0.3 is 0 Å². The van der Waals surface area contributed by atoms with Crippen LogP contribution >= 0.6 is 0 Å². The molecule has 1 heterocycles. The number of barbiturate groups is 1. The van der Waals surface area contributed by atoms with Crippen molar-refractivity contribution in [2.45, 2.75) is 12.8 Å². The van der Waals surface area contributed by atoms with Crippen LogP contribution in [-0.4, -0.2) is 17.8 Å². The van der Waals surface area contributed by atoms with Gasteiger partial charge in [0, 0.05) is 5.92 Å². The molecule has 0 bridgehead atoms. The number of rotatable bonds is 3. The molecule has 0 spiro atoms. The first-order valence-electron chi connectivity index (χ1n) is 5.56. The molecule has 2 rings (SSSR count). The first kappa shape index (κ1) is 11.6. The van der Waals surface area contributed by atoms with Crippen molar-refractivity contribution in [3.63, 3.8) is 0 Å². The molecule has 90 valence electrons. The lowest BCUT2D eigenvalue weighted by Gasteiger charge is -2.28. The van der Waals surface area contributed by atoms with Gasteiger partial charge in [0.05, 0.1) is 0 Å². The van der Waals surface area contributed by atoms with Crippen molar-refractivity contribution in [2.75, 3.05) is 0 Å². The van der Waals surface area contributed by atoms with Crippen LogP contribution in [0.3, 0.4) is 0 Å². The van der Waals surface area contributed by atoms with E-state index < -0.39 is 23.8 Å². The van der Waals surface area contributed by atoms with E-state index >= 15 is 0 Å². The summed E-state index contributed by atoms with van der Waals surface area (Å²) in [7, 11) is 0. The van der Waals surface area contributed by atoms with Gasteiger partial charge in [-0.2, -0.15) is 0 Å². The van der Waals surface area contributed by atoms with E-state index in [1.165, 1.54) is 0 Å². The monoisotopic (exact) mass is 234 g/mol. The minimum atomic E-state index is -0.809. The van der Waals surface area contributed by atoms with Crippen LogP contribution in [0.5, 0.6) is 0 Å². The van der Waals surface area contributed by atoms with Gasteiger partial charge in [-0.05, 0) is 18.8 Å². The van der Waals surface area contributed by atoms with Gasteiger partial charge >= 0.3 is 6.03 Å². The van der Waals surface area contributed by atoms with Crippen LogP contribution in [0.1, 0.15) is 12.8 Å². The van der Waals surface area contributed by atoms with E-state index in [9.17, 15) is 14.4 Å². The summed E-state index contributed by atoms with van der Waals surface area (Å²) in [5, 5.41) is 4.26. The minimum absolute atomic E-state index is 0.152. The van der Waals surface area contributed by atoms with Crippen LogP contribution in [-0.2, 0) is 9.59 Å². The average molecular weight is 234 g/mol. The maximum absolute atomic E-state index is 11.7. The molecule has 0 radical (unpaired) electrons. The second-order valence-corrected chi connectivity index (χ2v) is 4.31. The number of imide groups is 2. The molecule has 1 fully saturated rings. The largest absolute Gasteiger partial charge is 0.328 e. The third-order valence-electron chi connectivity index (χ3n) is 3.23. The highest BCUT2D eigenvalue weighted by Crippen LogP contribution is 2.35. The Morgan fingerprint density at radius 3 is 2.53 bits per heavy atom. The number of hydrogen-bond donors (Lipinski definition) is 2. The second kappa shape index (κ2) is 4.53. The van der Waals surface area contributed by atoms with Crippen molar-refractivity contribution in [1.82, 2.24) is 10.6 Å². The predicted octanol–water partition coefficient (Wildman–Crippen LogP) is 0.737. The fourth-order valence-electron chi connectivity index (χ4n) is 2.45. The number of amides is 4. The average Bonchev–Trinajstić information content (AvgIpc) is 2.65. The van der Waals surface area contributed by atoms with E-state index in [0.717, 1.165) is 12.8 Å². The van der Waals surface area contributed by atoms with Crippen molar-refractivity contribution in [3.8, 4) is 0 Å². The second-order valence-electron chi connectivity index (χ2n) is 4.31. The van der Waals surface area contributed by atoms with Crippen molar-refractivity contribution in [3.05, 3.63) is 24.8 Å². The summed E-state index contributed by atoms with van der Waals surface area (Å²) in [6, 6.07) is -0.738. The Balaban J connectivity index is 2.17. The van der Waals surface area contributed by atoms with Gasteiger partial charge in [0.15, 0.2) is 0 Å². The smallest absolute Gasteiger partial charge is 0.277 e. The molecule has 4 amide bonds. The van der Waals surface area contributed by atoms with Crippen LogP contribution in [0.4, 0.5) is 4.79 Å². The number of nitrogens with one attached hydrogen (secondary N) is 2. The van der Waals surface area contributed by atoms with Gasteiger partial charge in [-0.15, -0.1) is 6.58 Å². The van der Waals surface area contributed by atoms with Gasteiger partial charge in [0.25, 0.3) is 0 Å². The third kappa shape index (κ3) is 2.13. The van der Waals surface area contributed by atoms with E-state index in [0.29, 0.717) is 0 Å². The van der Waals surface area contributed by atoms with Gasteiger partial charge in [-0.1, -0.05) is 18.2 Å². The predicted molar refractivity (Wildman–Crippen MR) is 60.7 cm³/mol. The summed E-state index contributed by atoms with van der Waals surface area (Å²) in [6.45, 7) is 3.67. The lowest BCUT2D eigenvalue weighted by atomic mass is 9.80. The standard InChI is InChI=1S/C12H14N2O3/c1-2-4-7-5-3-6-8(7)9-10(15)13-12(17)14-11(9)16/h2-3,6-9H,1,4-5H2,(H2,13,14,15,16,17). The highest BCUT2D eigenvalue weighted by atomic mass is 16.2. The summed E-state index contributed by atoms with van der Waals surface area (Å²) in [6.07, 6.45) is 7.22. The van der Waals surface area contributed by atoms with Gasteiger partial charge in [0.1, 0.15) is 5.92 Å². The van der Waals surface area contributed by atoms with Crippen LogP contribution in [0.15, 0.2) is 24.8 Å². The number of urea groups is 1. The fourth-order valence-corrected chi connectivity index (χ4v) is 2.45. The zero-order chi connectivity index (χ0) is 12.4. The number of allylic oxidation sites excluding steroid dienone is 3. The Kier molecular flexibility index (Phi) is 3.08. The molecule has 0 aromatic rings. The van der Waals surface area contributed by atoms with E-state index in [4.69, 9.17) is 0 Å². The van der Waals surface area contributed by atoms with E-state index in [2.05, 4.69) is 17.2 Å². The molecule has 2 aliphatic rings. The zero-order valence-corrected chi connectivity index (χ0v) is 9.31. The molecule has 5 heteroatoms. The summed E-state index contributed by atoms with van der Waals surface area (Å²) in [5.74, 6) is -1.77. The number of hydrogen-bond acceptors (Lipinski definition) is 3. The first-order chi connectivity index (χ1) is 8.13. The molecule has 0 saturated carbocycles. The maximum Gasteiger partial charge on any atom is 0.328 e. The number of carbonyl (C=O) groups excluding carboxylic acids is 3. The first-order valence-corrected chi connectivity index (χ1v) is 5.56. The molecule has 0 aromatic carbocycles. The van der Waals surface area contributed by atoms with Gasteiger partial charge in [0.2, 0.25) is 11.8 Å². The third-order valence-corrected chi connectivity index (χ3v) is 3.23. The van der Waals surface area contributed by atoms with Gasteiger partial charge in [-0.3, -0.25) is 20.2 Å². The zero-order valence-electron chi connectivity index (χ0n) is 9.31. The van der Waals surface area contributed by atoms with Crippen molar-refractivity contribution in [2.24, 2.45) is 17.8 Å².